The van der Waals surface area contributed by atoms with E-state index in [0.717, 1.165) is 34.3 Å². The van der Waals surface area contributed by atoms with E-state index in [0.29, 0.717) is 25.2 Å². The van der Waals surface area contributed by atoms with Crippen LogP contribution in [0.1, 0.15) is 48.0 Å². The van der Waals surface area contributed by atoms with Gasteiger partial charge in [-0.1, -0.05) is 50.2 Å². The van der Waals surface area contributed by atoms with Crippen LogP contribution in [-0.4, -0.2) is 48.3 Å². The van der Waals surface area contributed by atoms with E-state index in [4.69, 9.17) is 0 Å². The van der Waals surface area contributed by atoms with Gasteiger partial charge in [0.05, 0.1) is 12.6 Å². The highest BCUT2D eigenvalue weighted by Gasteiger charge is 2.29. The SMILES string of the molecule is Cc1cc(C)c2cc(CN(CCO)C(c3nnnn3CCc3ccccc3)C(C)C)c(=O)[nH]c2c1. The van der Waals surface area contributed by atoms with Crippen LogP contribution in [0.15, 0.2) is 53.3 Å². The molecular weight excluding hydrogens is 440 g/mol. The second-order valence-electron chi connectivity index (χ2n) is 9.55. The molecule has 2 aromatic carbocycles. The molecule has 0 saturated carbocycles. The molecule has 0 saturated heterocycles. The molecule has 2 aromatic heterocycles. The molecule has 184 valence electrons. The van der Waals surface area contributed by atoms with Gasteiger partial charge < -0.3 is 10.1 Å². The first-order chi connectivity index (χ1) is 16.9. The van der Waals surface area contributed by atoms with Crippen molar-refractivity contribution in [2.24, 2.45) is 5.92 Å². The number of tetrazole rings is 1. The van der Waals surface area contributed by atoms with E-state index in [1.807, 2.05) is 41.9 Å². The number of fused-ring (bicyclic) bond motifs is 1. The average molecular weight is 475 g/mol. The molecule has 0 amide bonds. The highest BCUT2D eigenvalue weighted by molar-refractivity contribution is 5.83. The van der Waals surface area contributed by atoms with Crippen molar-refractivity contribution >= 4 is 10.9 Å². The van der Waals surface area contributed by atoms with Crippen molar-refractivity contribution < 1.29 is 5.11 Å². The number of benzene rings is 2. The maximum absolute atomic E-state index is 13.0. The normalized spacial score (nSPS) is 12.7. The molecule has 1 unspecified atom stereocenters. The number of nitrogens with zero attached hydrogens (tertiary/aromatic N) is 5. The maximum Gasteiger partial charge on any atom is 0.252 e. The van der Waals surface area contributed by atoms with Crippen molar-refractivity contribution in [3.05, 3.63) is 87.0 Å². The van der Waals surface area contributed by atoms with Crippen molar-refractivity contribution in [3.63, 3.8) is 0 Å². The zero-order chi connectivity index (χ0) is 24.9. The number of hydrogen-bond donors (Lipinski definition) is 2. The second-order valence-corrected chi connectivity index (χ2v) is 9.55. The summed E-state index contributed by atoms with van der Waals surface area (Å²) >= 11 is 0. The van der Waals surface area contributed by atoms with Gasteiger partial charge in [-0.2, -0.15) is 0 Å². The summed E-state index contributed by atoms with van der Waals surface area (Å²) < 4.78 is 1.85. The van der Waals surface area contributed by atoms with E-state index in [1.54, 1.807) is 0 Å². The standard InChI is InChI=1S/C27H34N6O2/c1-18(2)25(26-29-30-31-33(26)11-10-21-8-6-5-7-9-21)32(12-13-34)17-22-16-23-20(4)14-19(3)15-24(23)28-27(22)35/h5-9,14-16,18,25,34H,10-13,17H2,1-4H3,(H,28,35). The Morgan fingerprint density at radius 3 is 2.60 bits per heavy atom. The first kappa shape index (κ1) is 24.8. The van der Waals surface area contributed by atoms with Gasteiger partial charge in [0.2, 0.25) is 0 Å². The van der Waals surface area contributed by atoms with Crippen molar-refractivity contribution in [2.45, 2.75) is 53.2 Å². The molecule has 8 heteroatoms. The van der Waals surface area contributed by atoms with Gasteiger partial charge in [0.25, 0.3) is 5.56 Å². The van der Waals surface area contributed by atoms with Crippen molar-refractivity contribution in [2.75, 3.05) is 13.2 Å². The number of aliphatic hydroxyl groups excluding tert-OH is 1. The number of aromatic amines is 1. The molecule has 35 heavy (non-hydrogen) atoms. The summed E-state index contributed by atoms with van der Waals surface area (Å²) in [5.41, 5.74) is 4.84. The van der Waals surface area contributed by atoms with Crippen LogP contribution in [0.25, 0.3) is 10.9 Å². The molecular formula is C27H34N6O2. The molecule has 2 heterocycles. The third kappa shape index (κ3) is 5.66. The van der Waals surface area contributed by atoms with Crippen LogP contribution in [-0.2, 0) is 19.5 Å². The van der Waals surface area contributed by atoms with Crippen LogP contribution in [0.3, 0.4) is 0 Å². The van der Waals surface area contributed by atoms with Gasteiger partial charge in [0.1, 0.15) is 0 Å². The molecule has 0 aliphatic heterocycles. The fourth-order valence-electron chi connectivity index (χ4n) is 4.84. The van der Waals surface area contributed by atoms with Gasteiger partial charge in [0.15, 0.2) is 5.82 Å². The number of hydrogen-bond acceptors (Lipinski definition) is 6. The molecule has 4 rings (SSSR count). The van der Waals surface area contributed by atoms with Crippen LogP contribution < -0.4 is 5.56 Å². The number of pyridine rings is 1. The molecule has 0 aliphatic rings. The summed E-state index contributed by atoms with van der Waals surface area (Å²) in [7, 11) is 0. The molecule has 1 atom stereocenters. The van der Waals surface area contributed by atoms with Crippen LogP contribution in [0.2, 0.25) is 0 Å². The first-order valence-electron chi connectivity index (χ1n) is 12.2. The van der Waals surface area contributed by atoms with Gasteiger partial charge in [-0.05, 0) is 65.4 Å². The molecule has 0 radical (unpaired) electrons. The van der Waals surface area contributed by atoms with E-state index in [9.17, 15) is 9.90 Å². The lowest BCUT2D eigenvalue weighted by Gasteiger charge is -2.33. The molecule has 0 bridgehead atoms. The van der Waals surface area contributed by atoms with Gasteiger partial charge in [-0.25, -0.2) is 4.68 Å². The number of aromatic nitrogens is 5. The Morgan fingerprint density at radius 2 is 1.89 bits per heavy atom. The number of aryl methyl sites for hydroxylation is 4. The van der Waals surface area contributed by atoms with E-state index in [1.165, 1.54) is 5.56 Å². The first-order valence-corrected chi connectivity index (χ1v) is 12.2. The summed E-state index contributed by atoms with van der Waals surface area (Å²) in [5, 5.41) is 23.5. The Hall–Kier alpha value is -3.36. The van der Waals surface area contributed by atoms with Crippen LogP contribution >= 0.6 is 0 Å². The Morgan fingerprint density at radius 1 is 1.11 bits per heavy atom. The predicted octanol–water partition coefficient (Wildman–Crippen LogP) is 3.57. The lowest BCUT2D eigenvalue weighted by molar-refractivity contribution is 0.105. The van der Waals surface area contributed by atoms with E-state index < -0.39 is 0 Å². The van der Waals surface area contributed by atoms with E-state index in [2.05, 4.69) is 64.4 Å². The van der Waals surface area contributed by atoms with Crippen molar-refractivity contribution in [1.82, 2.24) is 30.1 Å². The Labute approximate surface area is 205 Å². The molecule has 2 N–H and O–H groups in total. The highest BCUT2D eigenvalue weighted by atomic mass is 16.3. The van der Waals surface area contributed by atoms with Crippen molar-refractivity contribution in [1.29, 1.82) is 0 Å². The van der Waals surface area contributed by atoms with Crippen LogP contribution in [0.5, 0.6) is 0 Å². The van der Waals surface area contributed by atoms with Gasteiger partial charge in [0, 0.05) is 36.1 Å². The number of aliphatic hydroxyl groups is 1. The summed E-state index contributed by atoms with van der Waals surface area (Å²) in [6.07, 6.45) is 0.812. The highest BCUT2D eigenvalue weighted by Crippen LogP contribution is 2.29. The predicted molar refractivity (Wildman–Crippen MR) is 137 cm³/mol. The summed E-state index contributed by atoms with van der Waals surface area (Å²) in [6.45, 7) is 9.71. The Bertz CT molecular complexity index is 1330. The molecule has 0 aliphatic carbocycles. The van der Waals surface area contributed by atoms with Gasteiger partial charge in [-0.3, -0.25) is 9.69 Å². The van der Waals surface area contributed by atoms with E-state index >= 15 is 0 Å². The summed E-state index contributed by atoms with van der Waals surface area (Å²) in [6, 6.07) is 16.2. The average Bonchev–Trinajstić information content (AvgIpc) is 3.27. The molecule has 8 nitrogen and oxygen atoms in total. The zero-order valence-electron chi connectivity index (χ0n) is 20.9. The largest absolute Gasteiger partial charge is 0.395 e. The van der Waals surface area contributed by atoms with Gasteiger partial charge in [-0.15, -0.1) is 5.10 Å². The molecule has 4 aromatic rings. The third-order valence-corrected chi connectivity index (χ3v) is 6.45. The monoisotopic (exact) mass is 474 g/mol. The topological polar surface area (TPSA) is 99.9 Å². The molecule has 0 fully saturated rings. The number of rotatable bonds is 10. The maximum atomic E-state index is 13.0. The molecule has 0 spiro atoms. The van der Waals surface area contributed by atoms with E-state index in [-0.39, 0.29) is 24.1 Å². The van der Waals surface area contributed by atoms with Gasteiger partial charge >= 0.3 is 0 Å². The summed E-state index contributed by atoms with van der Waals surface area (Å²) in [5.74, 6) is 0.903. The fraction of sp³-hybridized carbons (Fsp3) is 0.407. The minimum atomic E-state index is -0.165. The summed E-state index contributed by atoms with van der Waals surface area (Å²) in [4.78, 5) is 18.2. The number of H-pyrrole nitrogens is 1. The Balaban J connectivity index is 1.65. The fourth-order valence-corrected chi connectivity index (χ4v) is 4.84. The minimum Gasteiger partial charge on any atom is -0.395 e. The Kier molecular flexibility index (Phi) is 7.73. The zero-order valence-corrected chi connectivity index (χ0v) is 20.9. The smallest absolute Gasteiger partial charge is 0.252 e. The van der Waals surface area contributed by atoms with Crippen molar-refractivity contribution in [3.8, 4) is 0 Å². The lowest BCUT2D eigenvalue weighted by atomic mass is 9.99. The lowest BCUT2D eigenvalue weighted by Crippen LogP contribution is -2.37. The second kappa shape index (κ2) is 10.9. The van der Waals surface area contributed by atoms with Crippen LogP contribution in [0, 0.1) is 19.8 Å². The van der Waals surface area contributed by atoms with Crippen LogP contribution in [0.4, 0.5) is 0 Å². The minimum absolute atomic E-state index is 0.0293. The quantitative estimate of drug-likeness (QED) is 0.365. The third-order valence-electron chi connectivity index (χ3n) is 6.45. The number of nitrogens with one attached hydrogen (secondary N) is 1.